The van der Waals surface area contributed by atoms with Gasteiger partial charge in [-0.15, -0.1) is 11.8 Å². The van der Waals surface area contributed by atoms with E-state index in [1.54, 1.807) is 0 Å². The molecule has 3 rings (SSSR count). The van der Waals surface area contributed by atoms with Gasteiger partial charge in [0, 0.05) is 23.4 Å². The van der Waals surface area contributed by atoms with E-state index in [0.717, 1.165) is 13.0 Å². The van der Waals surface area contributed by atoms with Gasteiger partial charge in [0.05, 0.1) is 12.3 Å². The lowest BCUT2D eigenvalue weighted by atomic mass is 9.95. The molecular formula is C12H16N2OS. The number of aliphatic hydroxyl groups is 1. The first-order valence-corrected chi connectivity index (χ1v) is 6.60. The lowest BCUT2D eigenvalue weighted by Crippen LogP contribution is -2.25. The summed E-state index contributed by atoms with van der Waals surface area (Å²) in [5, 5.41) is 14.9. The van der Waals surface area contributed by atoms with Gasteiger partial charge < -0.3 is 5.11 Å². The van der Waals surface area contributed by atoms with Crippen molar-refractivity contribution in [2.45, 2.75) is 44.1 Å². The Morgan fingerprint density at radius 3 is 3.12 bits per heavy atom. The number of aliphatic hydroxyl groups excluding tert-OH is 1. The number of aryl methyl sites for hydroxylation is 2. The highest BCUT2D eigenvalue weighted by Crippen LogP contribution is 2.46. The summed E-state index contributed by atoms with van der Waals surface area (Å²) in [5.41, 5.74) is 2.54. The molecule has 0 bridgehead atoms. The first-order chi connectivity index (χ1) is 7.66. The van der Waals surface area contributed by atoms with Gasteiger partial charge in [-0.2, -0.15) is 5.10 Å². The highest BCUT2D eigenvalue weighted by atomic mass is 32.2. The van der Waals surface area contributed by atoms with Crippen molar-refractivity contribution in [1.82, 2.24) is 9.78 Å². The summed E-state index contributed by atoms with van der Waals surface area (Å²) >= 11 is 1.82. The molecule has 0 fully saturated rings. The summed E-state index contributed by atoms with van der Waals surface area (Å²) in [7, 11) is 0. The second-order valence-electron chi connectivity index (χ2n) is 4.68. The van der Waals surface area contributed by atoms with Crippen LogP contribution in [0, 0.1) is 6.92 Å². The first-order valence-electron chi connectivity index (χ1n) is 5.72. The number of hydrogen-bond donors (Lipinski definition) is 1. The molecule has 0 spiro atoms. The second kappa shape index (κ2) is 3.64. The van der Waals surface area contributed by atoms with Crippen LogP contribution in [0.15, 0.2) is 17.2 Å². The number of allylic oxidation sites excluding steroid dienone is 2. The van der Waals surface area contributed by atoms with Gasteiger partial charge in [-0.05, 0) is 30.7 Å². The highest BCUT2D eigenvalue weighted by molar-refractivity contribution is 8.04. The predicted octanol–water partition coefficient (Wildman–Crippen LogP) is 2.06. The zero-order valence-corrected chi connectivity index (χ0v) is 10.4. The minimum atomic E-state index is -0.218. The normalized spacial score (nSPS) is 32.9. The molecule has 3 unspecified atom stereocenters. The highest BCUT2D eigenvalue weighted by Gasteiger charge is 2.38. The fraction of sp³-hybridized carbons (Fsp3) is 0.583. The first kappa shape index (κ1) is 10.4. The van der Waals surface area contributed by atoms with E-state index in [1.165, 1.54) is 16.2 Å². The lowest BCUT2D eigenvalue weighted by Gasteiger charge is -2.20. The van der Waals surface area contributed by atoms with Crippen molar-refractivity contribution in [3.05, 3.63) is 28.4 Å². The molecule has 16 heavy (non-hydrogen) atoms. The molecule has 2 aliphatic rings. The molecule has 3 heterocycles. The molecule has 0 aliphatic carbocycles. The van der Waals surface area contributed by atoms with Crippen molar-refractivity contribution >= 4 is 11.8 Å². The van der Waals surface area contributed by atoms with E-state index in [4.69, 9.17) is 0 Å². The predicted molar refractivity (Wildman–Crippen MR) is 65.5 cm³/mol. The van der Waals surface area contributed by atoms with Gasteiger partial charge in [0.15, 0.2) is 0 Å². The van der Waals surface area contributed by atoms with Crippen LogP contribution in [-0.4, -0.2) is 26.2 Å². The van der Waals surface area contributed by atoms with E-state index in [-0.39, 0.29) is 11.4 Å². The molecule has 0 saturated heterocycles. The van der Waals surface area contributed by atoms with E-state index < -0.39 is 0 Å². The van der Waals surface area contributed by atoms with E-state index in [2.05, 4.69) is 29.7 Å². The van der Waals surface area contributed by atoms with Crippen molar-refractivity contribution in [2.75, 3.05) is 0 Å². The summed E-state index contributed by atoms with van der Waals surface area (Å²) in [6, 6.07) is 0. The van der Waals surface area contributed by atoms with Crippen LogP contribution < -0.4 is 0 Å². The Kier molecular flexibility index (Phi) is 2.37. The maximum Gasteiger partial charge on any atom is 0.0689 e. The van der Waals surface area contributed by atoms with Crippen molar-refractivity contribution in [3.8, 4) is 0 Å². The summed E-state index contributed by atoms with van der Waals surface area (Å²) < 4.78 is 2.07. The van der Waals surface area contributed by atoms with Gasteiger partial charge in [-0.25, -0.2) is 0 Å². The number of hydrogen-bond acceptors (Lipinski definition) is 3. The number of rotatable bonds is 0. The van der Waals surface area contributed by atoms with Gasteiger partial charge in [-0.1, -0.05) is 6.08 Å². The van der Waals surface area contributed by atoms with Crippen LogP contribution in [0.3, 0.4) is 0 Å². The Labute approximate surface area is 99.5 Å². The zero-order valence-electron chi connectivity index (χ0n) is 9.55. The Balaban J connectivity index is 2.10. The molecule has 3 nitrogen and oxygen atoms in total. The van der Waals surface area contributed by atoms with Gasteiger partial charge in [0.2, 0.25) is 0 Å². The largest absolute Gasteiger partial charge is 0.392 e. The number of fused-ring (bicyclic) bond motifs is 3. The molecule has 1 aromatic rings. The van der Waals surface area contributed by atoms with Crippen molar-refractivity contribution in [2.24, 2.45) is 0 Å². The monoisotopic (exact) mass is 236 g/mol. The molecule has 1 aromatic heterocycles. The van der Waals surface area contributed by atoms with Crippen LogP contribution >= 0.6 is 11.8 Å². The van der Waals surface area contributed by atoms with Crippen molar-refractivity contribution < 1.29 is 5.11 Å². The Bertz CT molecular complexity index is 452. The minimum Gasteiger partial charge on any atom is -0.392 e. The number of thioether (sulfide) groups is 1. The van der Waals surface area contributed by atoms with Crippen LogP contribution in [0.25, 0.3) is 0 Å². The number of aromatic nitrogens is 2. The van der Waals surface area contributed by atoms with Crippen LogP contribution in [0.5, 0.6) is 0 Å². The molecule has 3 atom stereocenters. The Morgan fingerprint density at radius 1 is 1.50 bits per heavy atom. The van der Waals surface area contributed by atoms with Crippen LogP contribution in [0.1, 0.15) is 30.5 Å². The van der Waals surface area contributed by atoms with Crippen LogP contribution in [-0.2, 0) is 6.54 Å². The molecule has 0 radical (unpaired) electrons. The molecule has 0 amide bonds. The molecule has 0 saturated carbocycles. The Morgan fingerprint density at radius 2 is 2.31 bits per heavy atom. The molecule has 0 aromatic carbocycles. The third kappa shape index (κ3) is 1.44. The average Bonchev–Trinajstić information content (AvgIpc) is 2.75. The van der Waals surface area contributed by atoms with Crippen LogP contribution in [0.4, 0.5) is 0 Å². The van der Waals surface area contributed by atoms with E-state index >= 15 is 0 Å². The smallest absolute Gasteiger partial charge is 0.0689 e. The molecule has 2 aliphatic heterocycles. The zero-order chi connectivity index (χ0) is 11.3. The van der Waals surface area contributed by atoms with Crippen molar-refractivity contribution in [3.63, 3.8) is 0 Å². The summed E-state index contributed by atoms with van der Waals surface area (Å²) in [5.74, 6) is 0.338. The summed E-state index contributed by atoms with van der Waals surface area (Å²) in [6.45, 7) is 5.08. The average molecular weight is 236 g/mol. The Hall–Kier alpha value is -0.740. The topological polar surface area (TPSA) is 38.0 Å². The second-order valence-corrected chi connectivity index (χ2v) is 6.10. The standard InChI is InChI=1S/C12H16N2OS/c1-7-6-13-14-4-3-10(15)12-9(11(7)14)5-8(2)16-12/h5-6,9-10,12,15H,3-4H2,1-2H3. The van der Waals surface area contributed by atoms with E-state index in [1.807, 2.05) is 18.0 Å². The van der Waals surface area contributed by atoms with Gasteiger partial charge in [-0.3, -0.25) is 4.68 Å². The third-order valence-corrected chi connectivity index (χ3v) is 4.88. The maximum atomic E-state index is 10.2. The summed E-state index contributed by atoms with van der Waals surface area (Å²) in [6.07, 6.45) is 4.81. The number of nitrogens with zero attached hydrogens (tertiary/aromatic N) is 2. The van der Waals surface area contributed by atoms with Gasteiger partial charge in [0.1, 0.15) is 0 Å². The van der Waals surface area contributed by atoms with Crippen molar-refractivity contribution in [1.29, 1.82) is 0 Å². The molecule has 86 valence electrons. The fourth-order valence-electron chi connectivity index (χ4n) is 2.75. The molecule has 1 N–H and O–H groups in total. The lowest BCUT2D eigenvalue weighted by molar-refractivity contribution is 0.157. The summed E-state index contributed by atoms with van der Waals surface area (Å²) in [4.78, 5) is 1.32. The fourth-order valence-corrected chi connectivity index (χ4v) is 4.05. The quantitative estimate of drug-likeness (QED) is 0.749. The van der Waals surface area contributed by atoms with Gasteiger partial charge >= 0.3 is 0 Å². The van der Waals surface area contributed by atoms with E-state index in [0.29, 0.717) is 5.92 Å². The van der Waals surface area contributed by atoms with E-state index in [9.17, 15) is 5.11 Å². The minimum absolute atomic E-state index is 0.218. The maximum absolute atomic E-state index is 10.2. The third-order valence-electron chi connectivity index (χ3n) is 3.49. The SMILES string of the molecule is CC1=CC2c3c(C)cnn3CCC(O)C2S1. The molecule has 4 heteroatoms. The van der Waals surface area contributed by atoms with Crippen LogP contribution in [0.2, 0.25) is 0 Å². The molecular weight excluding hydrogens is 220 g/mol. The van der Waals surface area contributed by atoms with Gasteiger partial charge in [0.25, 0.3) is 0 Å².